The Balaban J connectivity index is 2.23. The Kier molecular flexibility index (Phi) is 7.81. The van der Waals surface area contributed by atoms with Crippen molar-refractivity contribution >= 4 is 0 Å². The lowest BCUT2D eigenvalue weighted by Crippen LogP contribution is -2.38. The minimum atomic E-state index is 0.870. The largest absolute Gasteiger partial charge is 0.383 e. The van der Waals surface area contributed by atoms with Gasteiger partial charge in [-0.1, -0.05) is 13.3 Å². The monoisotopic (exact) mass is 228 g/mol. The van der Waals surface area contributed by atoms with E-state index >= 15 is 0 Å². The number of unbranched alkanes of at least 4 members (excludes halogenated alkanes) is 1. The number of ether oxygens (including phenoxy) is 1. The summed E-state index contributed by atoms with van der Waals surface area (Å²) in [5.41, 5.74) is 0. The van der Waals surface area contributed by atoms with Crippen molar-refractivity contribution in [2.75, 3.05) is 46.4 Å². The molecule has 3 nitrogen and oxygen atoms in total. The van der Waals surface area contributed by atoms with Crippen LogP contribution in [0.15, 0.2) is 0 Å². The lowest BCUT2D eigenvalue weighted by Gasteiger charge is -2.29. The van der Waals surface area contributed by atoms with Crippen LogP contribution in [0, 0.1) is 5.92 Å². The molecule has 1 aliphatic heterocycles. The summed E-state index contributed by atoms with van der Waals surface area (Å²) >= 11 is 0. The summed E-state index contributed by atoms with van der Waals surface area (Å²) in [5.74, 6) is 0.898. The summed E-state index contributed by atoms with van der Waals surface area (Å²) in [6.45, 7) is 9.15. The molecule has 1 rings (SSSR count). The van der Waals surface area contributed by atoms with Crippen LogP contribution >= 0.6 is 0 Å². The van der Waals surface area contributed by atoms with E-state index in [0.29, 0.717) is 0 Å². The van der Waals surface area contributed by atoms with Gasteiger partial charge in [-0.2, -0.15) is 0 Å². The molecule has 0 bridgehead atoms. The Labute approximate surface area is 101 Å². The van der Waals surface area contributed by atoms with Crippen molar-refractivity contribution in [2.45, 2.75) is 32.6 Å². The van der Waals surface area contributed by atoms with Crippen LogP contribution in [0.25, 0.3) is 0 Å². The van der Waals surface area contributed by atoms with Gasteiger partial charge in [0.1, 0.15) is 0 Å². The number of hydrogen-bond acceptors (Lipinski definition) is 3. The van der Waals surface area contributed by atoms with Gasteiger partial charge in [0.25, 0.3) is 0 Å². The van der Waals surface area contributed by atoms with Gasteiger partial charge in [-0.3, -0.25) is 0 Å². The maximum Gasteiger partial charge on any atom is 0.0589 e. The number of hydrogen-bond donors (Lipinski definition) is 1. The van der Waals surface area contributed by atoms with E-state index in [-0.39, 0.29) is 0 Å². The smallest absolute Gasteiger partial charge is 0.0589 e. The van der Waals surface area contributed by atoms with Crippen LogP contribution in [0.1, 0.15) is 32.6 Å². The third-order valence-electron chi connectivity index (χ3n) is 3.41. The SMILES string of the molecule is CCCCN(CCOC)CC1CCNCC1. The van der Waals surface area contributed by atoms with Crippen molar-refractivity contribution in [2.24, 2.45) is 5.92 Å². The van der Waals surface area contributed by atoms with Crippen LogP contribution in [0.4, 0.5) is 0 Å². The average molecular weight is 228 g/mol. The van der Waals surface area contributed by atoms with Gasteiger partial charge < -0.3 is 15.0 Å². The molecule has 0 amide bonds. The molecular weight excluding hydrogens is 200 g/mol. The molecular formula is C13H28N2O. The van der Waals surface area contributed by atoms with E-state index in [9.17, 15) is 0 Å². The zero-order valence-electron chi connectivity index (χ0n) is 11.0. The second-order valence-electron chi connectivity index (χ2n) is 4.84. The fourth-order valence-corrected chi connectivity index (χ4v) is 2.33. The first-order valence-electron chi connectivity index (χ1n) is 6.78. The Morgan fingerprint density at radius 3 is 2.62 bits per heavy atom. The van der Waals surface area contributed by atoms with E-state index in [2.05, 4.69) is 17.1 Å². The van der Waals surface area contributed by atoms with Crippen molar-refractivity contribution in [1.29, 1.82) is 0 Å². The molecule has 1 fully saturated rings. The molecule has 1 saturated heterocycles. The fourth-order valence-electron chi connectivity index (χ4n) is 2.33. The molecule has 0 aromatic heterocycles. The molecule has 1 aliphatic rings. The van der Waals surface area contributed by atoms with Gasteiger partial charge in [-0.05, 0) is 44.8 Å². The second-order valence-corrected chi connectivity index (χ2v) is 4.84. The maximum absolute atomic E-state index is 5.19. The average Bonchev–Trinajstić information content (AvgIpc) is 2.34. The Morgan fingerprint density at radius 1 is 1.25 bits per heavy atom. The molecule has 3 heteroatoms. The molecule has 1 N–H and O–H groups in total. The van der Waals surface area contributed by atoms with Gasteiger partial charge in [0.2, 0.25) is 0 Å². The second kappa shape index (κ2) is 8.97. The Bertz CT molecular complexity index is 150. The molecule has 0 radical (unpaired) electrons. The maximum atomic E-state index is 5.19. The zero-order chi connectivity index (χ0) is 11.6. The van der Waals surface area contributed by atoms with Crippen molar-refractivity contribution < 1.29 is 4.74 Å². The van der Waals surface area contributed by atoms with Crippen LogP contribution in [-0.2, 0) is 4.74 Å². The summed E-state index contributed by atoms with van der Waals surface area (Å²) < 4.78 is 5.19. The number of piperidine rings is 1. The summed E-state index contributed by atoms with van der Waals surface area (Å²) in [6.07, 6.45) is 5.29. The van der Waals surface area contributed by atoms with Gasteiger partial charge in [-0.15, -0.1) is 0 Å². The summed E-state index contributed by atoms with van der Waals surface area (Å²) in [4.78, 5) is 2.59. The van der Waals surface area contributed by atoms with E-state index in [1.54, 1.807) is 7.11 Å². The van der Waals surface area contributed by atoms with E-state index < -0.39 is 0 Å². The van der Waals surface area contributed by atoms with Crippen molar-refractivity contribution in [3.63, 3.8) is 0 Å². The molecule has 16 heavy (non-hydrogen) atoms. The third kappa shape index (κ3) is 5.83. The molecule has 0 aromatic rings. The lowest BCUT2D eigenvalue weighted by molar-refractivity contribution is 0.129. The van der Waals surface area contributed by atoms with Gasteiger partial charge in [0.05, 0.1) is 6.61 Å². The zero-order valence-corrected chi connectivity index (χ0v) is 11.0. The number of nitrogens with zero attached hydrogens (tertiary/aromatic N) is 1. The number of nitrogens with one attached hydrogen (secondary N) is 1. The first kappa shape index (κ1) is 13.9. The van der Waals surface area contributed by atoms with Gasteiger partial charge >= 0.3 is 0 Å². The number of methoxy groups -OCH3 is 1. The summed E-state index contributed by atoms with van der Waals surface area (Å²) in [6, 6.07) is 0. The first-order valence-corrected chi connectivity index (χ1v) is 6.78. The Morgan fingerprint density at radius 2 is 2.00 bits per heavy atom. The van der Waals surface area contributed by atoms with E-state index in [4.69, 9.17) is 4.74 Å². The van der Waals surface area contributed by atoms with Crippen LogP contribution in [-0.4, -0.2) is 51.3 Å². The molecule has 0 aromatic carbocycles. The Hall–Kier alpha value is -0.120. The molecule has 0 aliphatic carbocycles. The predicted octanol–water partition coefficient (Wildman–Crippen LogP) is 1.73. The molecule has 1 heterocycles. The third-order valence-corrected chi connectivity index (χ3v) is 3.41. The highest BCUT2D eigenvalue weighted by atomic mass is 16.5. The highest BCUT2D eigenvalue weighted by molar-refractivity contribution is 4.72. The minimum Gasteiger partial charge on any atom is -0.383 e. The van der Waals surface area contributed by atoms with Crippen molar-refractivity contribution in [3.05, 3.63) is 0 Å². The molecule has 0 unspecified atom stereocenters. The van der Waals surface area contributed by atoms with Gasteiger partial charge in [0.15, 0.2) is 0 Å². The van der Waals surface area contributed by atoms with Crippen LogP contribution in [0.2, 0.25) is 0 Å². The highest BCUT2D eigenvalue weighted by Crippen LogP contribution is 2.13. The van der Waals surface area contributed by atoms with Crippen LogP contribution < -0.4 is 5.32 Å². The standard InChI is InChI=1S/C13H28N2O/c1-3-4-9-15(10-11-16-2)12-13-5-7-14-8-6-13/h13-14H,3-12H2,1-2H3. The molecule has 0 spiro atoms. The molecule has 0 saturated carbocycles. The highest BCUT2D eigenvalue weighted by Gasteiger charge is 2.16. The van der Waals surface area contributed by atoms with Gasteiger partial charge in [-0.25, -0.2) is 0 Å². The normalized spacial score (nSPS) is 18.2. The summed E-state index contributed by atoms with van der Waals surface area (Å²) in [5, 5.41) is 3.43. The van der Waals surface area contributed by atoms with E-state index in [1.807, 2.05) is 0 Å². The predicted molar refractivity (Wildman–Crippen MR) is 68.8 cm³/mol. The van der Waals surface area contributed by atoms with Gasteiger partial charge in [0, 0.05) is 20.2 Å². The molecule has 96 valence electrons. The van der Waals surface area contributed by atoms with Crippen molar-refractivity contribution in [3.8, 4) is 0 Å². The first-order chi connectivity index (χ1) is 7.86. The van der Waals surface area contributed by atoms with Crippen LogP contribution in [0.5, 0.6) is 0 Å². The van der Waals surface area contributed by atoms with Crippen LogP contribution in [0.3, 0.4) is 0 Å². The minimum absolute atomic E-state index is 0.870. The topological polar surface area (TPSA) is 24.5 Å². The summed E-state index contributed by atoms with van der Waals surface area (Å²) in [7, 11) is 1.79. The fraction of sp³-hybridized carbons (Fsp3) is 1.00. The lowest BCUT2D eigenvalue weighted by atomic mass is 9.97. The van der Waals surface area contributed by atoms with E-state index in [1.165, 1.54) is 51.9 Å². The quantitative estimate of drug-likeness (QED) is 0.685. The van der Waals surface area contributed by atoms with E-state index in [0.717, 1.165) is 19.1 Å². The molecule has 0 atom stereocenters. The van der Waals surface area contributed by atoms with Crippen molar-refractivity contribution in [1.82, 2.24) is 10.2 Å². The number of rotatable bonds is 8.